The molecule has 102 valence electrons. The summed E-state index contributed by atoms with van der Waals surface area (Å²) in [6.45, 7) is 6.33. The highest BCUT2D eigenvalue weighted by Gasteiger charge is 2.25. The van der Waals surface area contributed by atoms with Gasteiger partial charge in [0.2, 0.25) is 0 Å². The van der Waals surface area contributed by atoms with Gasteiger partial charge in [-0.05, 0) is 32.4 Å². The highest BCUT2D eigenvalue weighted by atomic mass is 15.3. The fourth-order valence-corrected chi connectivity index (χ4v) is 2.94. The number of nitrogens with zero attached hydrogens (tertiary/aromatic N) is 5. The zero-order valence-corrected chi connectivity index (χ0v) is 11.4. The number of imidazole rings is 1. The van der Waals surface area contributed by atoms with E-state index in [0.29, 0.717) is 6.04 Å². The average Bonchev–Trinajstić information content (AvgIpc) is 3.14. The fraction of sp³-hybridized carbons (Fsp3) is 0.571. The third-order valence-corrected chi connectivity index (χ3v) is 3.95. The number of likely N-dealkylation sites (tertiary alicyclic amines) is 1. The average molecular weight is 259 g/mol. The van der Waals surface area contributed by atoms with Crippen LogP contribution in [0.25, 0.3) is 0 Å². The lowest BCUT2D eigenvalue weighted by molar-refractivity contribution is 0.218. The number of aromatic nitrogens is 4. The first-order chi connectivity index (χ1) is 9.36. The van der Waals surface area contributed by atoms with E-state index in [0.717, 1.165) is 19.6 Å². The smallest absolute Gasteiger partial charge is 0.0946 e. The van der Waals surface area contributed by atoms with Crippen molar-refractivity contribution in [1.29, 1.82) is 0 Å². The lowest BCUT2D eigenvalue weighted by atomic mass is 10.2. The van der Waals surface area contributed by atoms with E-state index in [1.54, 1.807) is 0 Å². The Morgan fingerprint density at radius 1 is 1.37 bits per heavy atom. The molecule has 0 N–H and O–H groups in total. The normalized spacial score (nSPS) is 20.2. The highest BCUT2D eigenvalue weighted by Crippen LogP contribution is 2.21. The molecule has 1 atom stereocenters. The van der Waals surface area contributed by atoms with E-state index in [9.17, 15) is 0 Å². The zero-order valence-electron chi connectivity index (χ0n) is 11.4. The number of aryl methyl sites for hydroxylation is 1. The van der Waals surface area contributed by atoms with Gasteiger partial charge < -0.3 is 4.57 Å². The van der Waals surface area contributed by atoms with Gasteiger partial charge in [0.05, 0.1) is 12.0 Å². The molecule has 5 nitrogen and oxygen atoms in total. The molecular weight excluding hydrogens is 238 g/mol. The summed E-state index contributed by atoms with van der Waals surface area (Å²) in [5.41, 5.74) is 1.32. The van der Waals surface area contributed by atoms with Gasteiger partial charge in [-0.25, -0.2) is 4.98 Å². The van der Waals surface area contributed by atoms with Crippen LogP contribution in [0.5, 0.6) is 0 Å². The summed E-state index contributed by atoms with van der Waals surface area (Å²) in [7, 11) is 0. The Labute approximate surface area is 113 Å². The first-order valence-corrected chi connectivity index (χ1v) is 7.07. The van der Waals surface area contributed by atoms with E-state index in [2.05, 4.69) is 37.2 Å². The molecule has 1 fully saturated rings. The molecule has 1 aliphatic heterocycles. The van der Waals surface area contributed by atoms with Crippen molar-refractivity contribution in [3.63, 3.8) is 0 Å². The molecule has 0 saturated carbocycles. The van der Waals surface area contributed by atoms with Crippen LogP contribution in [-0.4, -0.2) is 36.8 Å². The quantitative estimate of drug-likeness (QED) is 0.821. The summed E-state index contributed by atoms with van der Waals surface area (Å²) >= 11 is 0. The maximum atomic E-state index is 4.35. The molecule has 0 spiro atoms. The topological polar surface area (TPSA) is 38.9 Å². The van der Waals surface area contributed by atoms with Gasteiger partial charge in [0.15, 0.2) is 0 Å². The van der Waals surface area contributed by atoms with Gasteiger partial charge in [-0.2, -0.15) is 5.10 Å². The van der Waals surface area contributed by atoms with Crippen LogP contribution in [0.3, 0.4) is 0 Å². The van der Waals surface area contributed by atoms with E-state index < -0.39 is 0 Å². The Morgan fingerprint density at radius 2 is 2.32 bits per heavy atom. The molecule has 3 heterocycles. The first-order valence-electron chi connectivity index (χ1n) is 7.07. The second kappa shape index (κ2) is 5.57. The summed E-state index contributed by atoms with van der Waals surface area (Å²) in [4.78, 5) is 6.70. The minimum Gasteiger partial charge on any atom is -0.336 e. The predicted octanol–water partition coefficient (Wildman–Crippen LogP) is 1.76. The Balaban J connectivity index is 1.66. The van der Waals surface area contributed by atoms with Gasteiger partial charge in [0.1, 0.15) is 0 Å². The molecule has 0 bridgehead atoms. The number of rotatable bonds is 5. The zero-order chi connectivity index (χ0) is 13.1. The molecule has 0 aromatic carbocycles. The van der Waals surface area contributed by atoms with Crippen LogP contribution < -0.4 is 0 Å². The predicted molar refractivity (Wildman–Crippen MR) is 73.6 cm³/mol. The van der Waals surface area contributed by atoms with E-state index >= 15 is 0 Å². The van der Waals surface area contributed by atoms with Gasteiger partial charge >= 0.3 is 0 Å². The molecule has 3 rings (SSSR count). The minimum atomic E-state index is 0.620. The van der Waals surface area contributed by atoms with Crippen molar-refractivity contribution in [2.75, 3.05) is 6.54 Å². The van der Waals surface area contributed by atoms with Crippen LogP contribution in [0.2, 0.25) is 0 Å². The molecule has 0 unspecified atom stereocenters. The van der Waals surface area contributed by atoms with Crippen LogP contribution in [0.15, 0.2) is 31.0 Å². The summed E-state index contributed by atoms with van der Waals surface area (Å²) in [6.07, 6.45) is 10.3. The molecule has 2 aromatic heterocycles. The second-order valence-electron chi connectivity index (χ2n) is 5.16. The SMILES string of the molecule is CCn1nccc1CN1CCC[C@H]1Cn1ccnc1. The summed E-state index contributed by atoms with van der Waals surface area (Å²) < 4.78 is 4.27. The number of hydrogen-bond acceptors (Lipinski definition) is 3. The molecule has 0 radical (unpaired) electrons. The highest BCUT2D eigenvalue weighted by molar-refractivity contribution is 5.01. The van der Waals surface area contributed by atoms with Crippen molar-refractivity contribution in [3.8, 4) is 0 Å². The van der Waals surface area contributed by atoms with Gasteiger partial charge in [-0.15, -0.1) is 0 Å². The molecular formula is C14H21N5. The molecule has 5 heteroatoms. The third kappa shape index (κ3) is 2.71. The lowest BCUT2D eigenvalue weighted by Crippen LogP contribution is -2.33. The lowest BCUT2D eigenvalue weighted by Gasteiger charge is -2.24. The van der Waals surface area contributed by atoms with E-state index in [4.69, 9.17) is 0 Å². The van der Waals surface area contributed by atoms with Gasteiger partial charge in [0.25, 0.3) is 0 Å². The third-order valence-electron chi connectivity index (χ3n) is 3.95. The molecule has 0 aliphatic carbocycles. The fourth-order valence-electron chi connectivity index (χ4n) is 2.94. The first kappa shape index (κ1) is 12.4. The Kier molecular flexibility index (Phi) is 3.64. The second-order valence-corrected chi connectivity index (χ2v) is 5.16. The molecule has 19 heavy (non-hydrogen) atoms. The maximum absolute atomic E-state index is 4.35. The van der Waals surface area contributed by atoms with Crippen molar-refractivity contribution < 1.29 is 0 Å². The van der Waals surface area contributed by atoms with E-state index in [-0.39, 0.29) is 0 Å². The Hall–Kier alpha value is -1.62. The standard InChI is InChI=1S/C14H21N5/c1-2-19-14(5-6-16-19)11-18-8-3-4-13(18)10-17-9-7-15-12-17/h5-7,9,12-13H,2-4,8,10-11H2,1H3/t13-/m0/s1. The molecule has 1 aliphatic rings. The van der Waals surface area contributed by atoms with Crippen molar-refractivity contribution in [3.05, 3.63) is 36.7 Å². The van der Waals surface area contributed by atoms with Crippen molar-refractivity contribution in [1.82, 2.24) is 24.2 Å². The van der Waals surface area contributed by atoms with E-state index in [1.165, 1.54) is 25.1 Å². The van der Waals surface area contributed by atoms with Crippen LogP contribution in [-0.2, 0) is 19.6 Å². The van der Waals surface area contributed by atoms with Crippen LogP contribution >= 0.6 is 0 Å². The van der Waals surface area contributed by atoms with Crippen LogP contribution in [0, 0.1) is 0 Å². The summed E-state index contributed by atoms with van der Waals surface area (Å²) in [5, 5.41) is 4.35. The van der Waals surface area contributed by atoms with Gasteiger partial charge in [-0.1, -0.05) is 0 Å². The van der Waals surface area contributed by atoms with Gasteiger partial charge in [-0.3, -0.25) is 9.58 Å². The molecule has 1 saturated heterocycles. The number of hydrogen-bond donors (Lipinski definition) is 0. The van der Waals surface area contributed by atoms with Crippen LogP contribution in [0.4, 0.5) is 0 Å². The Morgan fingerprint density at radius 3 is 3.11 bits per heavy atom. The largest absolute Gasteiger partial charge is 0.336 e. The molecule has 0 amide bonds. The van der Waals surface area contributed by atoms with Gasteiger partial charge in [0, 0.05) is 44.3 Å². The van der Waals surface area contributed by atoms with Crippen molar-refractivity contribution in [2.24, 2.45) is 0 Å². The maximum Gasteiger partial charge on any atom is 0.0946 e. The van der Waals surface area contributed by atoms with Crippen LogP contribution in [0.1, 0.15) is 25.5 Å². The summed E-state index contributed by atoms with van der Waals surface area (Å²) in [5.74, 6) is 0. The monoisotopic (exact) mass is 259 g/mol. The minimum absolute atomic E-state index is 0.620. The van der Waals surface area contributed by atoms with E-state index in [1.807, 2.05) is 24.9 Å². The Bertz CT molecular complexity index is 502. The molecule has 2 aromatic rings. The summed E-state index contributed by atoms with van der Waals surface area (Å²) in [6, 6.07) is 2.75. The van der Waals surface area contributed by atoms with Crippen molar-refractivity contribution in [2.45, 2.75) is 45.4 Å². The van der Waals surface area contributed by atoms with Crippen molar-refractivity contribution >= 4 is 0 Å².